The predicted molar refractivity (Wildman–Crippen MR) is 98.5 cm³/mol. The molecule has 8 heteroatoms. The van der Waals surface area contributed by atoms with E-state index in [1.54, 1.807) is 18.0 Å². The van der Waals surface area contributed by atoms with E-state index in [1.807, 2.05) is 6.92 Å². The molecule has 3 N–H and O–H groups in total. The monoisotopic (exact) mass is 413 g/mol. The van der Waals surface area contributed by atoms with Crippen LogP contribution in [0.5, 0.6) is 0 Å². The molecule has 2 aromatic rings. The van der Waals surface area contributed by atoms with Crippen LogP contribution >= 0.6 is 15.9 Å². The van der Waals surface area contributed by atoms with E-state index in [9.17, 15) is 13.6 Å². The minimum Gasteiger partial charge on any atom is -0.465 e. The summed E-state index contributed by atoms with van der Waals surface area (Å²) in [6, 6.07) is 5.65. The summed E-state index contributed by atoms with van der Waals surface area (Å²) in [5.41, 5.74) is 5.77. The van der Waals surface area contributed by atoms with Gasteiger partial charge in [-0.1, -0.05) is 15.9 Å². The molecule has 134 valence electrons. The number of benzene rings is 2. The van der Waals surface area contributed by atoms with Crippen LogP contribution in [-0.4, -0.2) is 26.7 Å². The number of nitrogens with one attached hydrogen (secondary N) is 1. The zero-order valence-corrected chi connectivity index (χ0v) is 15.6. The van der Waals surface area contributed by atoms with Crippen LogP contribution in [0.1, 0.15) is 17.3 Å². The Hall–Kier alpha value is -2.35. The lowest BCUT2D eigenvalue weighted by molar-refractivity contribution is 0.0601. The molecule has 2 aromatic carbocycles. The first kappa shape index (κ1) is 19.0. The van der Waals surface area contributed by atoms with Gasteiger partial charge < -0.3 is 20.7 Å². The van der Waals surface area contributed by atoms with Crippen molar-refractivity contribution < 1.29 is 18.3 Å². The van der Waals surface area contributed by atoms with Gasteiger partial charge >= 0.3 is 5.97 Å². The van der Waals surface area contributed by atoms with Gasteiger partial charge in [-0.05, 0) is 31.2 Å². The van der Waals surface area contributed by atoms with Gasteiger partial charge in [0.25, 0.3) is 0 Å². The normalized spacial score (nSPS) is 10.5. The lowest BCUT2D eigenvalue weighted by Gasteiger charge is -2.22. The molecule has 0 aliphatic rings. The number of nitrogens with two attached hydrogens (primary N) is 1. The molecule has 0 spiro atoms. The van der Waals surface area contributed by atoms with Crippen LogP contribution in [0.25, 0.3) is 0 Å². The second kappa shape index (κ2) is 7.69. The van der Waals surface area contributed by atoms with Gasteiger partial charge in [0.2, 0.25) is 0 Å². The second-order valence-corrected chi connectivity index (χ2v) is 6.22. The summed E-state index contributed by atoms with van der Waals surface area (Å²) >= 11 is 3.15. The van der Waals surface area contributed by atoms with E-state index in [-0.39, 0.29) is 22.6 Å². The van der Waals surface area contributed by atoms with Crippen molar-refractivity contribution >= 4 is 44.6 Å². The maximum absolute atomic E-state index is 14.9. The van der Waals surface area contributed by atoms with Gasteiger partial charge in [-0.2, -0.15) is 0 Å². The molecule has 0 aliphatic heterocycles. The molecule has 0 amide bonds. The number of carbonyl (C=O) groups is 1. The van der Waals surface area contributed by atoms with E-state index in [0.29, 0.717) is 16.7 Å². The topological polar surface area (TPSA) is 67.6 Å². The number of esters is 1. The van der Waals surface area contributed by atoms with Crippen LogP contribution in [0.3, 0.4) is 0 Å². The molecular formula is C17H18BrF2N3O2. The van der Waals surface area contributed by atoms with E-state index in [4.69, 9.17) is 10.5 Å². The maximum Gasteiger partial charge on any atom is 0.340 e. The highest BCUT2D eigenvalue weighted by molar-refractivity contribution is 9.10. The minimum atomic E-state index is -0.847. The SMILES string of the molecule is CCN(C)c1cc(C(=O)OC)c(Nc2ccc(Br)cc2F)c(F)c1N. The standard InChI is InChI=1S/C17H18BrF2N3O2/c1-4-23(2)13-8-10(17(24)25-3)16(14(20)15(13)21)22-12-6-5-9(18)7-11(12)19/h5-8,22H,4,21H2,1-3H3. The molecule has 0 aliphatic carbocycles. The molecule has 0 atom stereocenters. The molecule has 0 saturated heterocycles. The minimum absolute atomic E-state index is 0.00301. The van der Waals surface area contributed by atoms with Crippen molar-refractivity contribution in [3.8, 4) is 0 Å². The molecule has 0 saturated carbocycles. The van der Waals surface area contributed by atoms with Crippen LogP contribution in [0.2, 0.25) is 0 Å². The lowest BCUT2D eigenvalue weighted by atomic mass is 10.1. The Morgan fingerprint density at radius 1 is 1.36 bits per heavy atom. The number of hydrogen-bond donors (Lipinski definition) is 2. The number of halogens is 3. The van der Waals surface area contributed by atoms with Gasteiger partial charge in [-0.15, -0.1) is 0 Å². The number of hydrogen-bond acceptors (Lipinski definition) is 5. The first-order valence-corrected chi connectivity index (χ1v) is 8.22. The molecule has 0 heterocycles. The fraction of sp³-hybridized carbons (Fsp3) is 0.235. The largest absolute Gasteiger partial charge is 0.465 e. The summed E-state index contributed by atoms with van der Waals surface area (Å²) in [4.78, 5) is 13.8. The van der Waals surface area contributed by atoms with Crippen molar-refractivity contribution in [3.63, 3.8) is 0 Å². The third-order valence-electron chi connectivity index (χ3n) is 3.76. The Bertz CT molecular complexity index is 815. The Morgan fingerprint density at radius 2 is 2.04 bits per heavy atom. The van der Waals surface area contributed by atoms with E-state index in [0.717, 1.165) is 0 Å². The van der Waals surface area contributed by atoms with Crippen LogP contribution in [0, 0.1) is 11.6 Å². The smallest absolute Gasteiger partial charge is 0.340 e. The highest BCUT2D eigenvalue weighted by Crippen LogP contribution is 2.36. The van der Waals surface area contributed by atoms with E-state index in [2.05, 4.69) is 21.2 Å². The third kappa shape index (κ3) is 3.84. The van der Waals surface area contributed by atoms with Crippen molar-refractivity contribution in [2.75, 3.05) is 36.7 Å². The number of nitrogens with zero attached hydrogens (tertiary/aromatic N) is 1. The Morgan fingerprint density at radius 3 is 2.60 bits per heavy atom. The number of nitrogen functional groups attached to an aromatic ring is 1. The number of carbonyl (C=O) groups excluding carboxylic acids is 1. The van der Waals surface area contributed by atoms with Crippen LogP contribution < -0.4 is 16.0 Å². The summed E-state index contributed by atoms with van der Waals surface area (Å²) < 4.78 is 34.2. The molecule has 0 fully saturated rings. The summed E-state index contributed by atoms with van der Waals surface area (Å²) in [5.74, 6) is -2.22. The highest BCUT2D eigenvalue weighted by atomic mass is 79.9. The Labute approximate surface area is 152 Å². The fourth-order valence-electron chi connectivity index (χ4n) is 2.26. The zero-order valence-electron chi connectivity index (χ0n) is 14.0. The van der Waals surface area contributed by atoms with E-state index in [1.165, 1.54) is 25.3 Å². The summed E-state index contributed by atoms with van der Waals surface area (Å²) in [6.45, 7) is 2.41. The van der Waals surface area contributed by atoms with Gasteiger partial charge in [-0.3, -0.25) is 0 Å². The molecule has 5 nitrogen and oxygen atoms in total. The number of anilines is 4. The Kier molecular flexibility index (Phi) is 5.84. The van der Waals surface area contributed by atoms with Gasteiger partial charge in [-0.25, -0.2) is 13.6 Å². The molecule has 2 rings (SSSR count). The number of methoxy groups -OCH3 is 1. The van der Waals surface area contributed by atoms with Crippen LogP contribution in [0.15, 0.2) is 28.7 Å². The van der Waals surface area contributed by atoms with Gasteiger partial charge in [0.15, 0.2) is 5.82 Å². The third-order valence-corrected chi connectivity index (χ3v) is 4.26. The lowest BCUT2D eigenvalue weighted by Crippen LogP contribution is -2.20. The van der Waals surface area contributed by atoms with Crippen molar-refractivity contribution in [1.29, 1.82) is 0 Å². The van der Waals surface area contributed by atoms with Gasteiger partial charge in [0.1, 0.15) is 5.82 Å². The maximum atomic E-state index is 14.9. The second-order valence-electron chi connectivity index (χ2n) is 5.30. The molecular weight excluding hydrogens is 396 g/mol. The van der Waals surface area contributed by atoms with Gasteiger partial charge in [0.05, 0.1) is 35.4 Å². The van der Waals surface area contributed by atoms with Crippen molar-refractivity contribution in [3.05, 3.63) is 45.9 Å². The predicted octanol–water partition coefficient (Wildman–Crippen LogP) is 4.30. The summed E-state index contributed by atoms with van der Waals surface area (Å²) in [5, 5.41) is 2.61. The molecule has 0 unspecified atom stereocenters. The molecule has 0 aromatic heterocycles. The quantitative estimate of drug-likeness (QED) is 0.564. The number of rotatable bonds is 5. The zero-order chi connectivity index (χ0) is 18.7. The summed E-state index contributed by atoms with van der Waals surface area (Å²) in [7, 11) is 2.90. The first-order chi connectivity index (χ1) is 11.8. The van der Waals surface area contributed by atoms with Crippen LogP contribution in [0.4, 0.5) is 31.5 Å². The summed E-state index contributed by atoms with van der Waals surface area (Å²) in [6.07, 6.45) is 0. The highest BCUT2D eigenvalue weighted by Gasteiger charge is 2.23. The van der Waals surface area contributed by atoms with Crippen molar-refractivity contribution in [2.24, 2.45) is 0 Å². The fourth-order valence-corrected chi connectivity index (χ4v) is 2.59. The van der Waals surface area contributed by atoms with Crippen molar-refractivity contribution in [1.82, 2.24) is 0 Å². The molecule has 25 heavy (non-hydrogen) atoms. The van der Waals surface area contributed by atoms with E-state index >= 15 is 0 Å². The first-order valence-electron chi connectivity index (χ1n) is 7.43. The number of ether oxygens (including phenoxy) is 1. The van der Waals surface area contributed by atoms with Gasteiger partial charge in [0, 0.05) is 18.1 Å². The molecule has 0 bridgehead atoms. The van der Waals surface area contributed by atoms with Crippen molar-refractivity contribution in [2.45, 2.75) is 6.92 Å². The average molecular weight is 414 g/mol. The average Bonchev–Trinajstić information content (AvgIpc) is 2.59. The molecule has 0 radical (unpaired) electrons. The Balaban J connectivity index is 2.62. The van der Waals surface area contributed by atoms with Crippen LogP contribution in [-0.2, 0) is 4.74 Å². The van der Waals surface area contributed by atoms with E-state index < -0.39 is 17.6 Å².